The molecule has 142 valence electrons. The molecule has 0 unspecified atom stereocenters. The van der Waals surface area contributed by atoms with Gasteiger partial charge in [0, 0.05) is 31.4 Å². The van der Waals surface area contributed by atoms with Gasteiger partial charge in [-0.3, -0.25) is 19.6 Å². The van der Waals surface area contributed by atoms with Crippen LogP contribution in [0.25, 0.3) is 0 Å². The second-order valence-electron chi connectivity index (χ2n) is 7.54. The molecule has 0 radical (unpaired) electrons. The van der Waals surface area contributed by atoms with Crippen molar-refractivity contribution in [2.45, 2.75) is 46.3 Å². The summed E-state index contributed by atoms with van der Waals surface area (Å²) in [6.45, 7) is 7.58. The molecule has 27 heavy (non-hydrogen) atoms. The summed E-state index contributed by atoms with van der Waals surface area (Å²) < 4.78 is 1.98. The number of fused-ring (bicyclic) bond motifs is 1. The molecule has 2 aliphatic rings. The summed E-state index contributed by atoms with van der Waals surface area (Å²) in [6, 6.07) is -0.122. The fraction of sp³-hybridized carbons (Fsp3) is 0.526. The van der Waals surface area contributed by atoms with E-state index in [1.807, 2.05) is 23.3 Å². The smallest absolute Gasteiger partial charge is 0.271 e. The van der Waals surface area contributed by atoms with Gasteiger partial charge in [-0.25, -0.2) is 4.98 Å². The van der Waals surface area contributed by atoms with Gasteiger partial charge in [0.2, 0.25) is 5.91 Å². The highest BCUT2D eigenvalue weighted by Gasteiger charge is 2.44. The number of aryl methyl sites for hydroxylation is 1. The average Bonchev–Trinajstić information content (AvgIpc) is 3.22. The normalized spacial score (nSPS) is 23.7. The number of carbonyl (C=O) groups is 2. The zero-order valence-electron chi connectivity index (χ0n) is 15.8. The van der Waals surface area contributed by atoms with Gasteiger partial charge in [0.05, 0.1) is 30.2 Å². The van der Waals surface area contributed by atoms with Gasteiger partial charge in [0.25, 0.3) is 5.91 Å². The van der Waals surface area contributed by atoms with Crippen LogP contribution in [0.15, 0.2) is 18.6 Å². The Bertz CT molecular complexity index is 875. The van der Waals surface area contributed by atoms with E-state index in [1.165, 1.54) is 0 Å². The van der Waals surface area contributed by atoms with Crippen LogP contribution < -0.4 is 5.32 Å². The minimum absolute atomic E-state index is 0.122. The van der Waals surface area contributed by atoms with Gasteiger partial charge in [-0.1, -0.05) is 6.92 Å². The molecule has 8 nitrogen and oxygen atoms in total. The third kappa shape index (κ3) is 3.43. The molecule has 1 saturated carbocycles. The molecule has 1 aliphatic heterocycles. The number of imidazole rings is 1. The lowest BCUT2D eigenvalue weighted by Gasteiger charge is -2.34. The van der Waals surface area contributed by atoms with Crippen LogP contribution in [0.4, 0.5) is 0 Å². The average molecular weight is 368 g/mol. The SMILES string of the molecule is Cc1cnc(CNC(=O)c2cn3c(n2)[C@H](C)N(C(=O)[C@H]2C[C@H]2C)CC3)cn1. The van der Waals surface area contributed by atoms with Crippen molar-refractivity contribution in [3.8, 4) is 0 Å². The number of rotatable bonds is 4. The minimum atomic E-state index is -0.250. The van der Waals surface area contributed by atoms with Gasteiger partial charge in [0.1, 0.15) is 11.5 Å². The quantitative estimate of drug-likeness (QED) is 0.882. The van der Waals surface area contributed by atoms with E-state index in [0.29, 0.717) is 36.9 Å². The Morgan fingerprint density at radius 2 is 2.00 bits per heavy atom. The van der Waals surface area contributed by atoms with Crippen LogP contribution in [0.1, 0.15) is 54.0 Å². The Morgan fingerprint density at radius 3 is 2.67 bits per heavy atom. The summed E-state index contributed by atoms with van der Waals surface area (Å²) in [5, 5.41) is 2.83. The van der Waals surface area contributed by atoms with E-state index in [1.54, 1.807) is 18.6 Å². The Morgan fingerprint density at radius 1 is 1.22 bits per heavy atom. The Labute approximate surface area is 158 Å². The van der Waals surface area contributed by atoms with Crippen molar-refractivity contribution in [2.24, 2.45) is 11.8 Å². The third-order valence-electron chi connectivity index (χ3n) is 5.44. The number of hydrogen-bond donors (Lipinski definition) is 1. The lowest BCUT2D eigenvalue weighted by Crippen LogP contribution is -2.42. The van der Waals surface area contributed by atoms with E-state index >= 15 is 0 Å². The Kier molecular flexibility index (Phi) is 4.41. The lowest BCUT2D eigenvalue weighted by molar-refractivity contribution is -0.136. The second kappa shape index (κ2) is 6.75. The van der Waals surface area contributed by atoms with E-state index in [0.717, 1.165) is 17.9 Å². The largest absolute Gasteiger partial charge is 0.345 e. The molecule has 8 heteroatoms. The van der Waals surface area contributed by atoms with Crippen molar-refractivity contribution in [3.05, 3.63) is 41.5 Å². The highest BCUT2D eigenvalue weighted by atomic mass is 16.2. The molecule has 1 aliphatic carbocycles. The van der Waals surface area contributed by atoms with Crippen molar-refractivity contribution >= 4 is 11.8 Å². The number of carbonyl (C=O) groups excluding carboxylic acids is 2. The zero-order chi connectivity index (χ0) is 19.1. The lowest BCUT2D eigenvalue weighted by atomic mass is 10.1. The molecule has 4 rings (SSSR count). The van der Waals surface area contributed by atoms with Crippen LogP contribution in [0.5, 0.6) is 0 Å². The number of hydrogen-bond acceptors (Lipinski definition) is 5. The van der Waals surface area contributed by atoms with Crippen LogP contribution in [0.2, 0.25) is 0 Å². The fourth-order valence-corrected chi connectivity index (χ4v) is 3.55. The molecule has 3 atom stereocenters. The molecular formula is C19H24N6O2. The van der Waals surface area contributed by atoms with Crippen molar-refractivity contribution in [1.29, 1.82) is 0 Å². The summed E-state index contributed by atoms with van der Waals surface area (Å²) in [7, 11) is 0. The highest BCUT2D eigenvalue weighted by molar-refractivity contribution is 5.92. The number of aromatic nitrogens is 4. The minimum Gasteiger partial charge on any atom is -0.345 e. The fourth-order valence-electron chi connectivity index (χ4n) is 3.55. The van der Waals surface area contributed by atoms with Crippen molar-refractivity contribution in [1.82, 2.24) is 29.7 Å². The predicted molar refractivity (Wildman–Crippen MR) is 97.6 cm³/mol. The van der Waals surface area contributed by atoms with Gasteiger partial charge >= 0.3 is 0 Å². The maximum atomic E-state index is 12.6. The summed E-state index contributed by atoms with van der Waals surface area (Å²) in [4.78, 5) is 39.9. The van der Waals surface area contributed by atoms with Gasteiger partial charge in [-0.15, -0.1) is 0 Å². The van der Waals surface area contributed by atoms with Gasteiger partial charge < -0.3 is 14.8 Å². The summed E-state index contributed by atoms with van der Waals surface area (Å²) >= 11 is 0. The maximum Gasteiger partial charge on any atom is 0.271 e. The first-order chi connectivity index (χ1) is 12.9. The first kappa shape index (κ1) is 17.6. The Balaban J connectivity index is 1.43. The molecule has 0 spiro atoms. The van der Waals surface area contributed by atoms with Crippen LogP contribution >= 0.6 is 0 Å². The molecular weight excluding hydrogens is 344 g/mol. The van der Waals surface area contributed by atoms with Crippen molar-refractivity contribution in [2.75, 3.05) is 6.54 Å². The number of amides is 2. The number of nitrogens with one attached hydrogen (secondary N) is 1. The molecule has 0 saturated heterocycles. The van der Waals surface area contributed by atoms with Gasteiger partial charge in [-0.2, -0.15) is 0 Å². The summed E-state index contributed by atoms with van der Waals surface area (Å²) in [5.74, 6) is 1.38. The first-order valence-corrected chi connectivity index (χ1v) is 9.37. The molecule has 2 aromatic rings. The summed E-state index contributed by atoms with van der Waals surface area (Å²) in [6.07, 6.45) is 6.07. The molecule has 0 aromatic carbocycles. The monoisotopic (exact) mass is 368 g/mol. The molecule has 0 bridgehead atoms. The topological polar surface area (TPSA) is 93.0 Å². The van der Waals surface area contributed by atoms with Gasteiger partial charge in [-0.05, 0) is 26.2 Å². The zero-order valence-corrected chi connectivity index (χ0v) is 15.8. The van der Waals surface area contributed by atoms with Crippen LogP contribution in [-0.4, -0.2) is 42.8 Å². The summed E-state index contributed by atoms with van der Waals surface area (Å²) in [5.41, 5.74) is 1.90. The van der Waals surface area contributed by atoms with E-state index < -0.39 is 0 Å². The predicted octanol–water partition coefficient (Wildman–Crippen LogP) is 1.47. The molecule has 1 fully saturated rings. The van der Waals surface area contributed by atoms with E-state index in [-0.39, 0.29) is 23.8 Å². The highest BCUT2D eigenvalue weighted by Crippen LogP contribution is 2.41. The van der Waals surface area contributed by atoms with Crippen LogP contribution in [-0.2, 0) is 17.9 Å². The van der Waals surface area contributed by atoms with Crippen molar-refractivity contribution < 1.29 is 9.59 Å². The molecule has 3 heterocycles. The van der Waals surface area contributed by atoms with E-state index in [2.05, 4.69) is 27.2 Å². The molecule has 1 N–H and O–H groups in total. The maximum absolute atomic E-state index is 12.6. The van der Waals surface area contributed by atoms with Gasteiger partial charge in [0.15, 0.2) is 0 Å². The Hall–Kier alpha value is -2.77. The molecule has 2 aromatic heterocycles. The van der Waals surface area contributed by atoms with E-state index in [4.69, 9.17) is 0 Å². The second-order valence-corrected chi connectivity index (χ2v) is 7.54. The number of nitrogens with zero attached hydrogens (tertiary/aromatic N) is 5. The third-order valence-corrected chi connectivity index (χ3v) is 5.44. The van der Waals surface area contributed by atoms with E-state index in [9.17, 15) is 9.59 Å². The first-order valence-electron chi connectivity index (χ1n) is 9.37. The molecule has 2 amide bonds. The van der Waals surface area contributed by atoms with Crippen LogP contribution in [0.3, 0.4) is 0 Å². The standard InChI is InChI=1S/C19H24N6O2/c1-11-6-15(11)19(27)25-5-4-24-10-16(23-17(24)13(25)3)18(26)22-9-14-8-20-12(2)7-21-14/h7-8,10-11,13,15H,4-6,9H2,1-3H3,(H,22,26)/t11-,13+,15+/m1/s1. The van der Waals surface area contributed by atoms with Crippen molar-refractivity contribution in [3.63, 3.8) is 0 Å². The van der Waals surface area contributed by atoms with Crippen LogP contribution in [0, 0.1) is 18.8 Å².